The topological polar surface area (TPSA) is 27.0 Å². The molecule has 0 aliphatic carbocycles. The van der Waals surface area contributed by atoms with Crippen molar-refractivity contribution in [1.29, 1.82) is 5.26 Å². The van der Waals surface area contributed by atoms with Crippen LogP contribution in [0.3, 0.4) is 0 Å². The van der Waals surface area contributed by atoms with E-state index in [-0.39, 0.29) is 5.82 Å². The normalized spacial score (nSPS) is 10.9. The Labute approximate surface area is 156 Å². The average Bonchev–Trinajstić information content (AvgIpc) is 3.01. The second kappa shape index (κ2) is 6.04. The fraction of sp³-hybridized carbons (Fsp3) is 0. The average molecular weight is 444 g/mol. The fourth-order valence-corrected chi connectivity index (χ4v) is 4.83. The molecule has 4 aromatic rings. The molecular weight excluding hydrogens is 434 g/mol. The third-order valence-electron chi connectivity index (χ3n) is 3.89. The molecule has 116 valence electrons. The molecule has 0 amide bonds. The Bertz CT molecular complexity index is 1100. The van der Waals surface area contributed by atoms with Crippen molar-refractivity contribution in [3.8, 4) is 6.07 Å². The molecule has 1 aromatic heterocycles. The lowest BCUT2D eigenvalue weighted by Crippen LogP contribution is -2.00. The van der Waals surface area contributed by atoms with Gasteiger partial charge in [-0.3, -0.25) is 3.11 Å². The minimum Gasteiger partial charge on any atom is -0.282 e. The quantitative estimate of drug-likeness (QED) is 0.259. The number of rotatable bonds is 2. The highest BCUT2D eigenvalue weighted by atomic mass is 127. The predicted octanol–water partition coefficient (Wildman–Crippen LogP) is 6.55. The van der Waals surface area contributed by atoms with Gasteiger partial charge < -0.3 is 0 Å². The second-order valence-electron chi connectivity index (χ2n) is 5.31. The Morgan fingerprint density at radius 2 is 1.58 bits per heavy atom. The minimum absolute atomic E-state index is 0.182. The van der Waals surface area contributed by atoms with Crippen LogP contribution >= 0.6 is 34.2 Å². The summed E-state index contributed by atoms with van der Waals surface area (Å²) in [7, 11) is 0. The molecule has 0 aliphatic rings. The number of anilines is 2. The SMILES string of the molecule is N#Cc1ccc(N(I)c2cccc3c2sc2c(F)cccc23)cc1. The highest BCUT2D eigenvalue weighted by molar-refractivity contribution is 14.1. The maximum absolute atomic E-state index is 14.1. The highest BCUT2D eigenvalue weighted by Crippen LogP contribution is 2.43. The van der Waals surface area contributed by atoms with E-state index in [1.807, 2.05) is 39.5 Å². The van der Waals surface area contributed by atoms with Crippen molar-refractivity contribution < 1.29 is 4.39 Å². The van der Waals surface area contributed by atoms with E-state index in [0.717, 1.165) is 26.8 Å². The fourth-order valence-electron chi connectivity index (χ4n) is 2.73. The molecule has 0 bridgehead atoms. The van der Waals surface area contributed by atoms with Gasteiger partial charge in [0.15, 0.2) is 0 Å². The van der Waals surface area contributed by atoms with Gasteiger partial charge in [0.2, 0.25) is 0 Å². The van der Waals surface area contributed by atoms with E-state index in [4.69, 9.17) is 5.26 Å². The first-order valence-electron chi connectivity index (χ1n) is 7.25. The first-order chi connectivity index (χ1) is 11.7. The highest BCUT2D eigenvalue weighted by Gasteiger charge is 2.15. The maximum Gasteiger partial charge on any atom is 0.141 e. The largest absolute Gasteiger partial charge is 0.282 e. The van der Waals surface area contributed by atoms with Crippen LogP contribution < -0.4 is 3.11 Å². The number of nitrogens with zero attached hydrogens (tertiary/aromatic N) is 2. The van der Waals surface area contributed by atoms with Crippen molar-refractivity contribution in [2.24, 2.45) is 0 Å². The Hall–Kier alpha value is -2.17. The van der Waals surface area contributed by atoms with Crippen molar-refractivity contribution in [1.82, 2.24) is 0 Å². The molecule has 3 aromatic carbocycles. The van der Waals surface area contributed by atoms with Gasteiger partial charge in [-0.15, -0.1) is 11.3 Å². The number of thiophene rings is 1. The summed E-state index contributed by atoms with van der Waals surface area (Å²) in [5.74, 6) is -0.182. The lowest BCUT2D eigenvalue weighted by Gasteiger charge is -2.17. The van der Waals surface area contributed by atoms with E-state index in [0.29, 0.717) is 10.3 Å². The van der Waals surface area contributed by atoms with Gasteiger partial charge in [0, 0.05) is 10.8 Å². The summed E-state index contributed by atoms with van der Waals surface area (Å²) < 4.78 is 17.9. The Morgan fingerprint density at radius 1 is 0.917 bits per heavy atom. The number of nitriles is 1. The zero-order valence-electron chi connectivity index (χ0n) is 12.3. The van der Waals surface area contributed by atoms with Crippen molar-refractivity contribution in [2.45, 2.75) is 0 Å². The van der Waals surface area contributed by atoms with E-state index in [2.05, 4.69) is 28.9 Å². The van der Waals surface area contributed by atoms with Crippen LogP contribution in [-0.2, 0) is 0 Å². The van der Waals surface area contributed by atoms with Crippen molar-refractivity contribution in [3.63, 3.8) is 0 Å². The van der Waals surface area contributed by atoms with Crippen LogP contribution in [0.1, 0.15) is 5.56 Å². The monoisotopic (exact) mass is 444 g/mol. The molecule has 4 rings (SSSR count). The van der Waals surface area contributed by atoms with Gasteiger partial charge in [0.25, 0.3) is 0 Å². The predicted molar refractivity (Wildman–Crippen MR) is 107 cm³/mol. The molecule has 24 heavy (non-hydrogen) atoms. The van der Waals surface area contributed by atoms with Crippen LogP contribution in [0.5, 0.6) is 0 Å². The van der Waals surface area contributed by atoms with Crippen LogP contribution in [0.15, 0.2) is 60.7 Å². The molecule has 0 spiro atoms. The summed E-state index contributed by atoms with van der Waals surface area (Å²) in [4.78, 5) is 0. The first kappa shape index (κ1) is 15.4. The summed E-state index contributed by atoms with van der Waals surface area (Å²) in [5, 5.41) is 10.9. The molecular formula is C19H10FIN2S. The molecule has 0 saturated heterocycles. The molecule has 0 unspecified atom stereocenters. The van der Waals surface area contributed by atoms with Gasteiger partial charge in [0.1, 0.15) is 5.82 Å². The Balaban J connectivity index is 1.91. The molecule has 0 fully saturated rings. The third kappa shape index (κ3) is 2.43. The standard InChI is InChI=1S/C19H10FIN2S/c20-16-5-1-3-14-15-4-2-6-17(19(15)24-18(14)16)23(21)13-9-7-12(11-22)8-10-13/h1-10H. The third-order valence-corrected chi connectivity index (χ3v) is 6.22. The molecule has 2 nitrogen and oxygen atoms in total. The zero-order chi connectivity index (χ0) is 16.7. The lowest BCUT2D eigenvalue weighted by molar-refractivity contribution is 0.642. The summed E-state index contributed by atoms with van der Waals surface area (Å²) in [6, 6.07) is 20.8. The molecule has 0 N–H and O–H groups in total. The van der Waals surface area contributed by atoms with Crippen molar-refractivity contribution in [2.75, 3.05) is 3.11 Å². The Kier molecular flexibility index (Phi) is 3.87. The molecule has 1 heterocycles. The molecule has 0 atom stereocenters. The van der Waals surface area contributed by atoms with Gasteiger partial charge in [-0.1, -0.05) is 24.3 Å². The number of benzene rings is 3. The number of fused-ring (bicyclic) bond motifs is 3. The van der Waals surface area contributed by atoms with Gasteiger partial charge in [-0.2, -0.15) is 5.26 Å². The molecule has 0 saturated carbocycles. The molecule has 5 heteroatoms. The van der Waals surface area contributed by atoms with E-state index in [1.54, 1.807) is 18.2 Å². The summed E-state index contributed by atoms with van der Waals surface area (Å²) in [5.41, 5.74) is 2.61. The summed E-state index contributed by atoms with van der Waals surface area (Å²) in [6.07, 6.45) is 0. The Morgan fingerprint density at radius 3 is 2.29 bits per heavy atom. The van der Waals surface area contributed by atoms with Gasteiger partial charge in [-0.05, 0) is 36.4 Å². The van der Waals surface area contributed by atoms with E-state index < -0.39 is 0 Å². The van der Waals surface area contributed by atoms with Crippen LogP contribution in [0.4, 0.5) is 15.8 Å². The molecule has 0 aliphatic heterocycles. The van der Waals surface area contributed by atoms with Crippen LogP contribution in [0, 0.1) is 17.1 Å². The maximum atomic E-state index is 14.1. The van der Waals surface area contributed by atoms with Crippen molar-refractivity contribution >= 4 is 65.7 Å². The van der Waals surface area contributed by atoms with Gasteiger partial charge >= 0.3 is 0 Å². The number of halogens is 2. The smallest absolute Gasteiger partial charge is 0.141 e. The van der Waals surface area contributed by atoms with E-state index in [9.17, 15) is 4.39 Å². The van der Waals surface area contributed by atoms with E-state index in [1.165, 1.54) is 17.4 Å². The summed E-state index contributed by atoms with van der Waals surface area (Å²) >= 11 is 3.71. The van der Waals surface area contributed by atoms with Gasteiger partial charge in [-0.25, -0.2) is 4.39 Å². The van der Waals surface area contributed by atoms with Crippen LogP contribution in [-0.4, -0.2) is 0 Å². The number of hydrogen-bond donors (Lipinski definition) is 0. The van der Waals surface area contributed by atoms with E-state index >= 15 is 0 Å². The second-order valence-corrected chi connectivity index (χ2v) is 7.30. The van der Waals surface area contributed by atoms with Crippen molar-refractivity contribution in [3.05, 3.63) is 72.0 Å². The lowest BCUT2D eigenvalue weighted by atomic mass is 10.1. The minimum atomic E-state index is -0.182. The first-order valence-corrected chi connectivity index (χ1v) is 9.03. The molecule has 0 radical (unpaired) electrons. The van der Waals surface area contributed by atoms with Gasteiger partial charge in [0.05, 0.1) is 55.3 Å². The number of hydrogen-bond acceptors (Lipinski definition) is 3. The van der Waals surface area contributed by atoms with Crippen LogP contribution in [0.2, 0.25) is 0 Å². The van der Waals surface area contributed by atoms with Crippen LogP contribution in [0.25, 0.3) is 20.2 Å². The summed E-state index contributed by atoms with van der Waals surface area (Å²) in [6.45, 7) is 0. The zero-order valence-corrected chi connectivity index (χ0v) is 15.3.